The van der Waals surface area contributed by atoms with Crippen molar-refractivity contribution in [3.63, 3.8) is 0 Å². The number of nitrogens with one attached hydrogen (secondary N) is 2. The maximum absolute atomic E-state index is 14.3. The highest BCUT2D eigenvalue weighted by Crippen LogP contribution is 2.26. The lowest BCUT2D eigenvalue weighted by Crippen LogP contribution is -2.07. The van der Waals surface area contributed by atoms with Gasteiger partial charge >= 0.3 is 0 Å². The van der Waals surface area contributed by atoms with Crippen molar-refractivity contribution in [3.8, 4) is 0 Å². The topological polar surface area (TPSA) is 71.4 Å². The number of aryl methyl sites for hydroxylation is 1. The second-order valence-electron chi connectivity index (χ2n) is 6.10. The molecule has 1 aromatic carbocycles. The van der Waals surface area contributed by atoms with Crippen LogP contribution in [0.5, 0.6) is 0 Å². The molecule has 8 heteroatoms. The highest BCUT2D eigenvalue weighted by atomic mass is 19.1. The Kier molecular flexibility index (Phi) is 3.87. The van der Waals surface area contributed by atoms with Crippen LogP contribution in [0.15, 0.2) is 42.7 Å². The fourth-order valence-electron chi connectivity index (χ4n) is 2.81. The summed E-state index contributed by atoms with van der Waals surface area (Å²) in [4.78, 5) is 8.62. The van der Waals surface area contributed by atoms with Crippen LogP contribution in [0.2, 0.25) is 0 Å². The first-order valence-corrected chi connectivity index (χ1v) is 8.09. The Balaban J connectivity index is 1.74. The molecule has 0 fully saturated rings. The number of benzene rings is 1. The van der Waals surface area contributed by atoms with Crippen molar-refractivity contribution in [1.82, 2.24) is 24.7 Å². The summed E-state index contributed by atoms with van der Waals surface area (Å²) >= 11 is 0. The van der Waals surface area contributed by atoms with Gasteiger partial charge in [-0.15, -0.1) is 0 Å². The number of halogens is 2. The molecular weight excluding hydrogens is 338 g/mol. The van der Waals surface area contributed by atoms with Crippen molar-refractivity contribution in [2.24, 2.45) is 0 Å². The Morgan fingerprint density at radius 2 is 1.92 bits per heavy atom. The lowest BCUT2D eigenvalue weighted by Gasteiger charge is -2.15. The Morgan fingerprint density at radius 1 is 1.15 bits per heavy atom. The van der Waals surface area contributed by atoms with Crippen molar-refractivity contribution >= 4 is 22.8 Å². The number of pyridine rings is 1. The largest absolute Gasteiger partial charge is 0.321 e. The van der Waals surface area contributed by atoms with E-state index in [1.807, 2.05) is 18.4 Å². The van der Waals surface area contributed by atoms with E-state index >= 15 is 0 Å². The summed E-state index contributed by atoms with van der Waals surface area (Å²) in [6.45, 7) is 3.80. The summed E-state index contributed by atoms with van der Waals surface area (Å²) in [5.74, 6) is -0.266. The van der Waals surface area contributed by atoms with Gasteiger partial charge in [0.15, 0.2) is 23.1 Å². The normalized spacial score (nSPS) is 12.5. The summed E-state index contributed by atoms with van der Waals surface area (Å²) in [7, 11) is 0. The molecule has 0 spiro atoms. The molecule has 0 aliphatic rings. The van der Waals surface area contributed by atoms with E-state index in [1.54, 1.807) is 24.5 Å². The van der Waals surface area contributed by atoms with Crippen LogP contribution in [0.3, 0.4) is 0 Å². The second-order valence-corrected chi connectivity index (χ2v) is 6.10. The molecule has 0 amide bonds. The maximum Gasteiger partial charge on any atom is 0.170 e. The average molecular weight is 354 g/mol. The summed E-state index contributed by atoms with van der Waals surface area (Å²) in [6.07, 6.45) is 1.60. The number of aromatic amines is 1. The second kappa shape index (κ2) is 6.21. The van der Waals surface area contributed by atoms with Crippen LogP contribution in [0.25, 0.3) is 11.2 Å². The molecule has 4 aromatic rings. The Labute approximate surface area is 147 Å². The van der Waals surface area contributed by atoms with E-state index in [0.29, 0.717) is 17.0 Å². The molecule has 0 radical (unpaired) electrons. The number of H-pyrrole nitrogens is 1. The molecule has 0 saturated carbocycles. The van der Waals surface area contributed by atoms with Gasteiger partial charge in [-0.1, -0.05) is 12.1 Å². The zero-order valence-corrected chi connectivity index (χ0v) is 14.2. The van der Waals surface area contributed by atoms with Crippen LogP contribution in [0, 0.1) is 18.6 Å². The van der Waals surface area contributed by atoms with Crippen LogP contribution in [-0.2, 0) is 0 Å². The number of imidazole rings is 1. The Morgan fingerprint density at radius 3 is 2.62 bits per heavy atom. The van der Waals surface area contributed by atoms with E-state index in [1.165, 1.54) is 18.2 Å². The van der Waals surface area contributed by atoms with E-state index in [2.05, 4.69) is 25.5 Å². The van der Waals surface area contributed by atoms with Crippen molar-refractivity contribution < 1.29 is 8.78 Å². The van der Waals surface area contributed by atoms with Gasteiger partial charge in [0.2, 0.25) is 0 Å². The zero-order chi connectivity index (χ0) is 18.3. The molecule has 0 unspecified atom stereocenters. The predicted molar refractivity (Wildman–Crippen MR) is 94.3 cm³/mol. The summed E-state index contributed by atoms with van der Waals surface area (Å²) in [6, 6.07) is 9.18. The van der Waals surface area contributed by atoms with Gasteiger partial charge in [-0.2, -0.15) is 5.10 Å². The van der Waals surface area contributed by atoms with Crippen LogP contribution in [0.1, 0.15) is 24.2 Å². The van der Waals surface area contributed by atoms with Crippen molar-refractivity contribution in [2.45, 2.75) is 19.9 Å². The third-order valence-corrected chi connectivity index (χ3v) is 4.22. The highest BCUT2D eigenvalue weighted by Gasteiger charge is 2.16. The van der Waals surface area contributed by atoms with Gasteiger partial charge < -0.3 is 9.88 Å². The minimum Gasteiger partial charge on any atom is -0.321 e. The molecule has 4 rings (SSSR count). The molecule has 3 heterocycles. The van der Waals surface area contributed by atoms with Crippen LogP contribution >= 0.6 is 0 Å². The zero-order valence-electron chi connectivity index (χ0n) is 14.2. The molecular formula is C18H16F2N6. The van der Waals surface area contributed by atoms with Crippen LogP contribution < -0.4 is 5.32 Å². The maximum atomic E-state index is 14.3. The molecule has 1 atom stereocenters. The number of hydrogen-bond donors (Lipinski definition) is 2. The van der Waals surface area contributed by atoms with Crippen molar-refractivity contribution in [2.75, 3.05) is 5.32 Å². The van der Waals surface area contributed by atoms with Gasteiger partial charge in [-0.3, -0.25) is 5.10 Å². The Bertz CT molecular complexity index is 1070. The molecule has 6 nitrogen and oxygen atoms in total. The number of nitrogens with zero attached hydrogens (tertiary/aromatic N) is 4. The SMILES string of the molecule is Cc1cc(Nc2nc3c(cc2F)ncn3[C@@H](C)c2ccc(F)cc2)n[nH]1. The number of hydrogen-bond acceptors (Lipinski definition) is 4. The van der Waals surface area contributed by atoms with Crippen LogP contribution in [0.4, 0.5) is 20.4 Å². The number of rotatable bonds is 4. The molecule has 0 bridgehead atoms. The minimum absolute atomic E-state index is 0.0667. The minimum atomic E-state index is -0.516. The molecule has 0 aliphatic carbocycles. The van der Waals surface area contributed by atoms with Crippen molar-refractivity contribution in [3.05, 3.63) is 65.6 Å². The number of anilines is 2. The van der Waals surface area contributed by atoms with Gasteiger partial charge in [0.25, 0.3) is 0 Å². The van der Waals surface area contributed by atoms with E-state index in [4.69, 9.17) is 0 Å². The molecule has 132 valence electrons. The van der Waals surface area contributed by atoms with Gasteiger partial charge in [-0.05, 0) is 31.5 Å². The van der Waals surface area contributed by atoms with Crippen molar-refractivity contribution in [1.29, 1.82) is 0 Å². The molecule has 0 aliphatic heterocycles. The summed E-state index contributed by atoms with van der Waals surface area (Å²) in [5.41, 5.74) is 2.72. The third-order valence-electron chi connectivity index (χ3n) is 4.22. The monoisotopic (exact) mass is 354 g/mol. The lowest BCUT2D eigenvalue weighted by molar-refractivity contribution is 0.617. The smallest absolute Gasteiger partial charge is 0.170 e. The van der Waals surface area contributed by atoms with Crippen LogP contribution in [-0.4, -0.2) is 24.7 Å². The summed E-state index contributed by atoms with van der Waals surface area (Å²) in [5, 5.41) is 9.69. The first-order valence-electron chi connectivity index (χ1n) is 8.09. The lowest BCUT2D eigenvalue weighted by atomic mass is 10.1. The molecule has 2 N–H and O–H groups in total. The average Bonchev–Trinajstić information content (AvgIpc) is 3.21. The fourth-order valence-corrected chi connectivity index (χ4v) is 2.81. The van der Waals surface area contributed by atoms with E-state index in [-0.39, 0.29) is 17.7 Å². The quantitative estimate of drug-likeness (QED) is 0.579. The predicted octanol–water partition coefficient (Wildman–Crippen LogP) is 4.09. The third kappa shape index (κ3) is 2.90. The first-order chi connectivity index (χ1) is 12.5. The highest BCUT2D eigenvalue weighted by molar-refractivity contribution is 5.74. The number of fused-ring (bicyclic) bond motifs is 1. The van der Waals surface area contributed by atoms with Gasteiger partial charge in [0, 0.05) is 17.8 Å². The standard InChI is InChI=1S/C18H16F2N6/c1-10-7-16(25-24-10)22-17-14(20)8-15-18(23-17)26(9-21-15)11(2)12-3-5-13(19)6-4-12/h3-9,11H,1-2H3,(H2,22,23,24,25)/t11-/m0/s1. The van der Waals surface area contributed by atoms with E-state index in [0.717, 1.165) is 11.3 Å². The Hall–Kier alpha value is -3.29. The first kappa shape index (κ1) is 16.2. The molecule has 0 saturated heterocycles. The molecule has 3 aromatic heterocycles. The molecule has 26 heavy (non-hydrogen) atoms. The van der Waals surface area contributed by atoms with Gasteiger partial charge in [0.05, 0.1) is 12.4 Å². The van der Waals surface area contributed by atoms with E-state index < -0.39 is 5.82 Å². The van der Waals surface area contributed by atoms with Gasteiger partial charge in [0.1, 0.15) is 11.3 Å². The fraction of sp³-hybridized carbons (Fsp3) is 0.167. The van der Waals surface area contributed by atoms with E-state index in [9.17, 15) is 8.78 Å². The number of aromatic nitrogens is 5. The van der Waals surface area contributed by atoms with Gasteiger partial charge in [-0.25, -0.2) is 18.7 Å². The summed E-state index contributed by atoms with van der Waals surface area (Å²) < 4.78 is 29.3.